The van der Waals surface area contributed by atoms with Crippen molar-refractivity contribution in [2.45, 2.75) is 6.92 Å². The van der Waals surface area contributed by atoms with Gasteiger partial charge in [0.2, 0.25) is 0 Å². The van der Waals surface area contributed by atoms with E-state index in [1.54, 1.807) is 37.3 Å². The fourth-order valence-corrected chi connectivity index (χ4v) is 2.21. The minimum atomic E-state index is -0.448. The second-order valence-corrected chi connectivity index (χ2v) is 5.10. The van der Waals surface area contributed by atoms with Crippen molar-refractivity contribution in [3.05, 3.63) is 57.6 Å². The van der Waals surface area contributed by atoms with Crippen LogP contribution in [0.3, 0.4) is 0 Å². The molecule has 24 heavy (non-hydrogen) atoms. The number of ketones is 1. The van der Waals surface area contributed by atoms with E-state index >= 15 is 0 Å². The minimum absolute atomic E-state index is 0.00962. The highest BCUT2D eigenvalue weighted by Gasteiger charge is 2.13. The highest BCUT2D eigenvalue weighted by Crippen LogP contribution is 2.28. The van der Waals surface area contributed by atoms with Gasteiger partial charge in [0.05, 0.1) is 25.7 Å². The van der Waals surface area contributed by atoms with Gasteiger partial charge in [0.25, 0.3) is 5.69 Å². The molecule has 0 saturated carbocycles. The van der Waals surface area contributed by atoms with Gasteiger partial charge >= 0.3 is 0 Å². The van der Waals surface area contributed by atoms with E-state index in [2.05, 4.69) is 5.32 Å². The maximum absolute atomic E-state index is 12.3. The standard InChI is InChI=1S/C17H18N2O5/c1-11-4-6-13(9-14(11)19(21)22)18-10-15(20)12-5-7-16(23-2)17(8-12)24-3/h4-9,18H,10H2,1-3H3. The van der Waals surface area contributed by atoms with E-state index < -0.39 is 4.92 Å². The summed E-state index contributed by atoms with van der Waals surface area (Å²) < 4.78 is 10.3. The van der Waals surface area contributed by atoms with Crippen molar-refractivity contribution in [1.29, 1.82) is 0 Å². The molecule has 0 aliphatic carbocycles. The second-order valence-electron chi connectivity index (χ2n) is 5.10. The van der Waals surface area contributed by atoms with Gasteiger partial charge in [-0.2, -0.15) is 0 Å². The Kier molecular flexibility index (Phi) is 5.36. The van der Waals surface area contributed by atoms with E-state index in [1.807, 2.05) is 0 Å². The summed E-state index contributed by atoms with van der Waals surface area (Å²) in [6, 6.07) is 9.65. The number of aryl methyl sites for hydroxylation is 1. The Morgan fingerprint density at radius 2 is 1.83 bits per heavy atom. The number of hydrogen-bond acceptors (Lipinski definition) is 6. The molecule has 7 nitrogen and oxygen atoms in total. The van der Waals surface area contributed by atoms with E-state index in [0.29, 0.717) is 28.3 Å². The number of rotatable bonds is 7. The highest BCUT2D eigenvalue weighted by molar-refractivity contribution is 5.99. The van der Waals surface area contributed by atoms with Gasteiger partial charge in [-0.3, -0.25) is 14.9 Å². The lowest BCUT2D eigenvalue weighted by Gasteiger charge is -2.10. The van der Waals surface area contributed by atoms with Crippen LogP contribution in [0.15, 0.2) is 36.4 Å². The van der Waals surface area contributed by atoms with E-state index in [0.717, 1.165) is 0 Å². The first-order chi connectivity index (χ1) is 11.5. The molecule has 0 radical (unpaired) electrons. The molecule has 0 unspecified atom stereocenters. The summed E-state index contributed by atoms with van der Waals surface area (Å²) >= 11 is 0. The Bertz CT molecular complexity index is 774. The number of ether oxygens (including phenoxy) is 2. The van der Waals surface area contributed by atoms with Crippen molar-refractivity contribution in [2.24, 2.45) is 0 Å². The summed E-state index contributed by atoms with van der Waals surface area (Å²) in [5, 5.41) is 13.9. The average molecular weight is 330 g/mol. The van der Waals surface area contributed by atoms with Gasteiger partial charge in [-0.15, -0.1) is 0 Å². The molecule has 126 valence electrons. The number of nitro benzene ring substituents is 1. The van der Waals surface area contributed by atoms with Gasteiger partial charge in [0, 0.05) is 22.9 Å². The number of hydrogen-bond donors (Lipinski definition) is 1. The predicted molar refractivity (Wildman–Crippen MR) is 90.2 cm³/mol. The number of nitrogens with one attached hydrogen (secondary N) is 1. The van der Waals surface area contributed by atoms with E-state index in [-0.39, 0.29) is 18.0 Å². The number of Topliss-reactive ketones (excluding diaryl/α,β-unsaturated/α-hetero) is 1. The molecule has 2 aromatic rings. The summed E-state index contributed by atoms with van der Waals surface area (Å²) in [5.74, 6) is 0.838. The second kappa shape index (κ2) is 7.45. The van der Waals surface area contributed by atoms with Crippen LogP contribution in [-0.4, -0.2) is 31.5 Å². The number of carbonyl (C=O) groups excluding carboxylic acids is 1. The molecule has 0 fully saturated rings. The number of anilines is 1. The van der Waals surface area contributed by atoms with Crippen LogP contribution >= 0.6 is 0 Å². The average Bonchev–Trinajstić information content (AvgIpc) is 2.59. The summed E-state index contributed by atoms with van der Waals surface area (Å²) in [7, 11) is 3.01. The molecule has 0 atom stereocenters. The molecule has 2 aromatic carbocycles. The Balaban J connectivity index is 2.11. The van der Waals surface area contributed by atoms with Gasteiger partial charge in [-0.25, -0.2) is 0 Å². The van der Waals surface area contributed by atoms with Crippen molar-refractivity contribution >= 4 is 17.2 Å². The van der Waals surface area contributed by atoms with Crippen molar-refractivity contribution in [3.8, 4) is 11.5 Å². The number of nitrogens with zero attached hydrogens (tertiary/aromatic N) is 1. The summed E-state index contributed by atoms with van der Waals surface area (Å²) in [6.45, 7) is 1.67. The zero-order chi connectivity index (χ0) is 17.7. The predicted octanol–water partition coefficient (Wildman–Crippen LogP) is 3.22. The van der Waals surface area contributed by atoms with Crippen molar-refractivity contribution in [3.63, 3.8) is 0 Å². The molecule has 0 aliphatic heterocycles. The number of nitro groups is 1. The van der Waals surface area contributed by atoms with Crippen LogP contribution in [0.25, 0.3) is 0 Å². The molecule has 7 heteroatoms. The zero-order valence-corrected chi connectivity index (χ0v) is 13.7. The van der Waals surface area contributed by atoms with Gasteiger partial charge < -0.3 is 14.8 Å². The molecule has 0 saturated heterocycles. The van der Waals surface area contributed by atoms with Crippen molar-refractivity contribution in [1.82, 2.24) is 0 Å². The third kappa shape index (κ3) is 3.81. The van der Waals surface area contributed by atoms with E-state index in [9.17, 15) is 14.9 Å². The molecule has 1 N–H and O–H groups in total. The Morgan fingerprint density at radius 1 is 1.12 bits per heavy atom. The van der Waals surface area contributed by atoms with Crippen LogP contribution in [0.5, 0.6) is 11.5 Å². The monoisotopic (exact) mass is 330 g/mol. The lowest BCUT2D eigenvalue weighted by Crippen LogP contribution is -2.14. The van der Waals surface area contributed by atoms with Gasteiger partial charge in [-0.1, -0.05) is 6.07 Å². The molecule has 0 aromatic heterocycles. The maximum Gasteiger partial charge on any atom is 0.274 e. The topological polar surface area (TPSA) is 90.7 Å². The van der Waals surface area contributed by atoms with Crippen LogP contribution in [0, 0.1) is 17.0 Å². The molecular weight excluding hydrogens is 312 g/mol. The minimum Gasteiger partial charge on any atom is -0.493 e. The third-order valence-corrected chi connectivity index (χ3v) is 3.56. The smallest absolute Gasteiger partial charge is 0.274 e. The molecule has 2 rings (SSSR count). The summed E-state index contributed by atoms with van der Waals surface area (Å²) in [6.07, 6.45) is 0. The van der Waals surface area contributed by atoms with E-state index in [1.165, 1.54) is 20.3 Å². The first-order valence-corrected chi connectivity index (χ1v) is 7.20. The third-order valence-electron chi connectivity index (χ3n) is 3.56. The molecular formula is C17H18N2O5. The van der Waals surface area contributed by atoms with Crippen LogP contribution in [0.2, 0.25) is 0 Å². The quantitative estimate of drug-likeness (QED) is 0.476. The van der Waals surface area contributed by atoms with Gasteiger partial charge in [-0.05, 0) is 31.2 Å². The lowest BCUT2D eigenvalue weighted by atomic mass is 10.1. The first-order valence-electron chi connectivity index (χ1n) is 7.20. The van der Waals surface area contributed by atoms with E-state index in [4.69, 9.17) is 9.47 Å². The number of methoxy groups -OCH3 is 2. The molecule has 0 heterocycles. The fraction of sp³-hybridized carbons (Fsp3) is 0.235. The first kappa shape index (κ1) is 17.3. The normalized spacial score (nSPS) is 10.1. The van der Waals surface area contributed by atoms with Gasteiger partial charge in [0.1, 0.15) is 0 Å². The van der Waals surface area contributed by atoms with Gasteiger partial charge in [0.15, 0.2) is 17.3 Å². The summed E-state index contributed by atoms with van der Waals surface area (Å²) in [4.78, 5) is 22.8. The van der Waals surface area contributed by atoms with Crippen LogP contribution in [-0.2, 0) is 0 Å². The molecule has 0 spiro atoms. The van der Waals surface area contributed by atoms with Crippen LogP contribution < -0.4 is 14.8 Å². The highest BCUT2D eigenvalue weighted by atomic mass is 16.6. The van der Waals surface area contributed by atoms with Crippen LogP contribution in [0.1, 0.15) is 15.9 Å². The van der Waals surface area contributed by atoms with Crippen molar-refractivity contribution in [2.75, 3.05) is 26.1 Å². The fourth-order valence-electron chi connectivity index (χ4n) is 2.21. The number of benzene rings is 2. The van der Waals surface area contributed by atoms with Crippen molar-refractivity contribution < 1.29 is 19.2 Å². The number of carbonyl (C=O) groups is 1. The summed E-state index contributed by atoms with van der Waals surface area (Å²) in [5.41, 5.74) is 1.55. The lowest BCUT2D eigenvalue weighted by molar-refractivity contribution is -0.385. The largest absolute Gasteiger partial charge is 0.493 e. The van der Waals surface area contributed by atoms with Crippen LogP contribution in [0.4, 0.5) is 11.4 Å². The molecule has 0 aliphatic rings. The Labute approximate surface area is 139 Å². The Hall–Kier alpha value is -3.09. The Morgan fingerprint density at radius 3 is 2.46 bits per heavy atom. The molecule has 0 bridgehead atoms. The zero-order valence-electron chi connectivity index (χ0n) is 13.7. The molecule has 0 amide bonds. The SMILES string of the molecule is COc1ccc(C(=O)CNc2ccc(C)c([N+](=O)[O-])c2)cc1OC. The maximum atomic E-state index is 12.3.